The molecule has 0 unspecified atom stereocenters. The molecule has 1 aromatic heterocycles. The summed E-state index contributed by atoms with van der Waals surface area (Å²) in [6.07, 6.45) is 3.26. The summed E-state index contributed by atoms with van der Waals surface area (Å²) in [5.74, 6) is 0.566. The van der Waals surface area contributed by atoms with Crippen LogP contribution in [0.15, 0.2) is 24.4 Å². The van der Waals surface area contributed by atoms with Crippen LogP contribution in [0.2, 0.25) is 0 Å². The number of anilines is 2. The normalized spacial score (nSPS) is 10.0. The van der Waals surface area contributed by atoms with Crippen molar-refractivity contribution in [1.82, 2.24) is 9.97 Å². The number of nitrogens with two attached hydrogens (primary N) is 1. The van der Waals surface area contributed by atoms with Gasteiger partial charge in [0.2, 0.25) is 5.91 Å². The second-order valence-corrected chi connectivity index (χ2v) is 5.14. The lowest BCUT2D eigenvalue weighted by Crippen LogP contribution is -2.13. The first-order valence-electron chi connectivity index (χ1n) is 7.70. The molecule has 0 aliphatic rings. The highest BCUT2D eigenvalue weighted by atomic mass is 16.5. The molecule has 0 radical (unpaired) electrons. The van der Waals surface area contributed by atoms with Gasteiger partial charge < -0.3 is 15.8 Å². The molecule has 0 saturated heterocycles. The number of aryl methyl sites for hydroxylation is 1. The molecule has 1 amide bonds. The van der Waals surface area contributed by atoms with E-state index in [0.717, 1.165) is 12.0 Å². The summed E-state index contributed by atoms with van der Waals surface area (Å²) >= 11 is 0. The molecule has 124 valence electrons. The van der Waals surface area contributed by atoms with E-state index in [1.165, 1.54) is 6.20 Å². The van der Waals surface area contributed by atoms with Gasteiger partial charge in [-0.15, -0.1) is 0 Å². The fraction of sp³-hybridized carbons (Fsp3) is 0.294. The van der Waals surface area contributed by atoms with Crippen molar-refractivity contribution in [2.24, 2.45) is 0 Å². The molecule has 0 fully saturated rings. The molecule has 1 aromatic carbocycles. The maximum atomic E-state index is 11.6. The van der Waals surface area contributed by atoms with Crippen LogP contribution < -0.4 is 15.8 Å². The average molecular weight is 325 g/mol. The zero-order valence-electron chi connectivity index (χ0n) is 13.7. The second kappa shape index (κ2) is 7.92. The smallest absolute Gasteiger partial charge is 0.324 e. The summed E-state index contributed by atoms with van der Waals surface area (Å²) in [7, 11) is 0. The minimum Gasteiger partial charge on any atom is -0.424 e. The van der Waals surface area contributed by atoms with Gasteiger partial charge in [0.05, 0.1) is 17.8 Å². The number of benzene rings is 1. The Balaban J connectivity index is 2.18. The monoisotopic (exact) mass is 325 g/mol. The SMILES string of the molecule is CCCC(=O)Nc1cnc(Oc2ccc(C#N)cc2CC)nc1N. The predicted molar refractivity (Wildman–Crippen MR) is 90.6 cm³/mol. The average Bonchev–Trinajstić information content (AvgIpc) is 2.58. The lowest BCUT2D eigenvalue weighted by atomic mass is 10.1. The van der Waals surface area contributed by atoms with Crippen molar-refractivity contribution in [3.8, 4) is 17.8 Å². The van der Waals surface area contributed by atoms with E-state index >= 15 is 0 Å². The van der Waals surface area contributed by atoms with E-state index in [9.17, 15) is 4.79 Å². The van der Waals surface area contributed by atoms with Gasteiger partial charge in [0.25, 0.3) is 0 Å². The molecule has 0 saturated carbocycles. The minimum atomic E-state index is -0.137. The molecule has 7 heteroatoms. The van der Waals surface area contributed by atoms with Crippen LogP contribution in [-0.2, 0) is 11.2 Å². The fourth-order valence-electron chi connectivity index (χ4n) is 2.09. The Kier molecular flexibility index (Phi) is 5.68. The molecular weight excluding hydrogens is 306 g/mol. The van der Waals surface area contributed by atoms with Crippen LogP contribution in [0.4, 0.5) is 11.5 Å². The van der Waals surface area contributed by atoms with Gasteiger partial charge in [0, 0.05) is 6.42 Å². The molecule has 0 bridgehead atoms. The molecule has 1 heterocycles. The van der Waals surface area contributed by atoms with Gasteiger partial charge in [-0.1, -0.05) is 13.8 Å². The van der Waals surface area contributed by atoms with Crippen LogP contribution >= 0.6 is 0 Å². The van der Waals surface area contributed by atoms with Crippen LogP contribution in [0.5, 0.6) is 11.8 Å². The van der Waals surface area contributed by atoms with Crippen molar-refractivity contribution in [3.05, 3.63) is 35.5 Å². The van der Waals surface area contributed by atoms with Gasteiger partial charge in [0.1, 0.15) is 11.4 Å². The molecule has 3 N–H and O–H groups in total. The van der Waals surface area contributed by atoms with Gasteiger partial charge in [-0.3, -0.25) is 4.79 Å². The molecule has 2 rings (SSSR count). The van der Waals surface area contributed by atoms with E-state index < -0.39 is 0 Å². The number of carbonyl (C=O) groups excluding carboxylic acids is 1. The minimum absolute atomic E-state index is 0.0837. The highest BCUT2D eigenvalue weighted by Crippen LogP contribution is 2.26. The number of ether oxygens (including phenoxy) is 1. The van der Waals surface area contributed by atoms with Crippen LogP contribution in [0.1, 0.15) is 37.8 Å². The van der Waals surface area contributed by atoms with Crippen molar-refractivity contribution in [2.45, 2.75) is 33.1 Å². The van der Waals surface area contributed by atoms with E-state index in [2.05, 4.69) is 21.4 Å². The largest absolute Gasteiger partial charge is 0.424 e. The molecule has 0 atom stereocenters. The van der Waals surface area contributed by atoms with E-state index in [1.54, 1.807) is 18.2 Å². The molecule has 0 spiro atoms. The first-order chi connectivity index (χ1) is 11.6. The highest BCUT2D eigenvalue weighted by Gasteiger charge is 2.11. The van der Waals surface area contributed by atoms with E-state index in [1.807, 2.05) is 13.8 Å². The Bertz CT molecular complexity index is 783. The fourth-order valence-corrected chi connectivity index (χ4v) is 2.09. The van der Waals surface area contributed by atoms with E-state index in [0.29, 0.717) is 29.8 Å². The van der Waals surface area contributed by atoms with Crippen LogP contribution in [0.3, 0.4) is 0 Å². The zero-order valence-corrected chi connectivity index (χ0v) is 13.7. The number of carbonyl (C=O) groups is 1. The van der Waals surface area contributed by atoms with E-state index in [-0.39, 0.29) is 17.7 Å². The van der Waals surface area contributed by atoms with Crippen molar-refractivity contribution < 1.29 is 9.53 Å². The molecular formula is C17H19N5O2. The van der Waals surface area contributed by atoms with Crippen molar-refractivity contribution in [1.29, 1.82) is 5.26 Å². The lowest BCUT2D eigenvalue weighted by Gasteiger charge is -2.11. The van der Waals surface area contributed by atoms with Gasteiger partial charge in [0.15, 0.2) is 5.82 Å². The van der Waals surface area contributed by atoms with Gasteiger partial charge in [-0.2, -0.15) is 10.2 Å². The Morgan fingerprint density at radius 3 is 2.83 bits per heavy atom. The van der Waals surface area contributed by atoms with E-state index in [4.69, 9.17) is 15.7 Å². The van der Waals surface area contributed by atoms with Crippen molar-refractivity contribution >= 4 is 17.4 Å². The number of rotatable bonds is 6. The standard InChI is InChI=1S/C17H19N5O2/c1-3-5-15(23)21-13-10-20-17(22-16(13)19)24-14-7-6-11(9-18)8-12(14)4-2/h6-8,10H,3-5H2,1-2H3,(H,21,23)(H2,19,20,22). The zero-order chi connectivity index (χ0) is 17.5. The third-order valence-electron chi connectivity index (χ3n) is 3.32. The number of nitrogen functional groups attached to an aromatic ring is 1. The van der Waals surface area contributed by atoms with Crippen molar-refractivity contribution in [2.75, 3.05) is 11.1 Å². The summed E-state index contributed by atoms with van der Waals surface area (Å²) in [5, 5.41) is 11.6. The predicted octanol–water partition coefficient (Wildman–Crippen LogP) is 3.02. The molecule has 24 heavy (non-hydrogen) atoms. The maximum absolute atomic E-state index is 11.6. The highest BCUT2D eigenvalue weighted by molar-refractivity contribution is 5.92. The summed E-state index contributed by atoms with van der Waals surface area (Å²) in [5.41, 5.74) is 7.64. The third-order valence-corrected chi connectivity index (χ3v) is 3.32. The van der Waals surface area contributed by atoms with Gasteiger partial charge in [-0.25, -0.2) is 4.98 Å². The van der Waals surface area contributed by atoms with Crippen molar-refractivity contribution in [3.63, 3.8) is 0 Å². The molecule has 0 aliphatic heterocycles. The number of nitriles is 1. The van der Waals surface area contributed by atoms with Gasteiger partial charge in [-0.05, 0) is 36.6 Å². The topological polar surface area (TPSA) is 114 Å². The van der Waals surface area contributed by atoms with Gasteiger partial charge >= 0.3 is 6.01 Å². The summed E-state index contributed by atoms with van der Waals surface area (Å²) in [6.45, 7) is 3.88. The molecule has 7 nitrogen and oxygen atoms in total. The van der Waals surface area contributed by atoms with Crippen LogP contribution in [0.25, 0.3) is 0 Å². The Morgan fingerprint density at radius 1 is 1.42 bits per heavy atom. The molecule has 0 aliphatic carbocycles. The summed E-state index contributed by atoms with van der Waals surface area (Å²) < 4.78 is 5.66. The summed E-state index contributed by atoms with van der Waals surface area (Å²) in [4.78, 5) is 19.7. The Labute approximate surface area is 140 Å². The first-order valence-corrected chi connectivity index (χ1v) is 7.70. The number of nitrogens with one attached hydrogen (secondary N) is 1. The quantitative estimate of drug-likeness (QED) is 0.843. The maximum Gasteiger partial charge on any atom is 0.324 e. The number of hydrogen-bond donors (Lipinski definition) is 2. The Hall–Kier alpha value is -3.14. The number of amides is 1. The van der Waals surface area contributed by atoms with Crippen LogP contribution in [-0.4, -0.2) is 15.9 Å². The Morgan fingerprint density at radius 2 is 2.21 bits per heavy atom. The lowest BCUT2D eigenvalue weighted by molar-refractivity contribution is -0.116. The molecule has 2 aromatic rings. The summed E-state index contributed by atoms with van der Waals surface area (Å²) in [6, 6.07) is 7.30. The van der Waals surface area contributed by atoms with Crippen LogP contribution in [0, 0.1) is 11.3 Å². The first kappa shape index (κ1) is 17.2. The number of aromatic nitrogens is 2. The second-order valence-electron chi connectivity index (χ2n) is 5.14. The number of nitrogens with zero attached hydrogens (tertiary/aromatic N) is 3. The number of hydrogen-bond acceptors (Lipinski definition) is 6. The third kappa shape index (κ3) is 4.20.